The molecule has 0 aliphatic heterocycles. The molecular weight excluding hydrogens is 196 g/mol. The Kier molecular flexibility index (Phi) is 4.75. The van der Waals surface area contributed by atoms with Crippen LogP contribution in [0, 0.1) is 0 Å². The first-order valence-corrected chi connectivity index (χ1v) is 5.93. The Hall–Kier alpha value is -1.08. The first-order chi connectivity index (χ1) is 7.50. The number of benzene rings is 1. The predicted octanol–water partition coefficient (Wildman–Crippen LogP) is 4.20. The monoisotopic (exact) mass is 218 g/mol. The molecular formula is C15H22O. The average Bonchev–Trinajstić information content (AvgIpc) is 2.26. The van der Waals surface area contributed by atoms with Crippen LogP contribution in [0.2, 0.25) is 0 Å². The van der Waals surface area contributed by atoms with Crippen LogP contribution in [0.25, 0.3) is 0 Å². The summed E-state index contributed by atoms with van der Waals surface area (Å²) in [5.74, 6) is 0.543. The summed E-state index contributed by atoms with van der Waals surface area (Å²) in [5.41, 5.74) is 3.44. The molecule has 1 aromatic carbocycles. The summed E-state index contributed by atoms with van der Waals surface area (Å²) in [4.78, 5) is 0. The molecule has 16 heavy (non-hydrogen) atoms. The van der Waals surface area contributed by atoms with Crippen molar-refractivity contribution in [1.82, 2.24) is 0 Å². The second-order valence-electron chi connectivity index (χ2n) is 4.83. The molecule has 0 aliphatic carbocycles. The molecule has 0 saturated carbocycles. The van der Waals surface area contributed by atoms with Crippen LogP contribution in [0.5, 0.6) is 0 Å². The third kappa shape index (κ3) is 3.82. The van der Waals surface area contributed by atoms with Gasteiger partial charge < -0.3 is 5.11 Å². The maximum atomic E-state index is 9.96. The van der Waals surface area contributed by atoms with Gasteiger partial charge in [-0.25, -0.2) is 0 Å². The summed E-state index contributed by atoms with van der Waals surface area (Å²) >= 11 is 0. The molecule has 1 unspecified atom stereocenters. The van der Waals surface area contributed by atoms with E-state index in [9.17, 15) is 5.11 Å². The highest BCUT2D eigenvalue weighted by Gasteiger charge is 2.07. The molecule has 88 valence electrons. The summed E-state index contributed by atoms with van der Waals surface area (Å²) in [6.45, 7) is 10.2. The lowest BCUT2D eigenvalue weighted by atomic mass is 9.98. The summed E-state index contributed by atoms with van der Waals surface area (Å²) in [6, 6.07) is 8.25. The fraction of sp³-hybridized carbons (Fsp3) is 0.467. The first-order valence-electron chi connectivity index (χ1n) is 5.93. The smallest absolute Gasteiger partial charge is 0.0793 e. The highest BCUT2D eigenvalue weighted by molar-refractivity contribution is 5.26. The van der Waals surface area contributed by atoms with Crippen LogP contribution in [-0.2, 0) is 0 Å². The Bertz CT molecular complexity index is 335. The second kappa shape index (κ2) is 5.86. The van der Waals surface area contributed by atoms with E-state index in [1.807, 2.05) is 19.1 Å². The van der Waals surface area contributed by atoms with E-state index in [1.165, 1.54) is 5.56 Å². The molecule has 0 fully saturated rings. The maximum Gasteiger partial charge on any atom is 0.0793 e. The Labute approximate surface area is 98.8 Å². The Balaban J connectivity index is 2.62. The van der Waals surface area contributed by atoms with Gasteiger partial charge in [0.05, 0.1) is 6.10 Å². The van der Waals surface area contributed by atoms with Gasteiger partial charge in [-0.15, -0.1) is 6.58 Å². The highest BCUT2D eigenvalue weighted by atomic mass is 16.3. The van der Waals surface area contributed by atoms with Gasteiger partial charge in [-0.05, 0) is 36.8 Å². The molecule has 0 heterocycles. The van der Waals surface area contributed by atoms with Crippen LogP contribution < -0.4 is 0 Å². The minimum atomic E-state index is -0.363. The number of allylic oxidation sites excluding steroid dienone is 1. The van der Waals surface area contributed by atoms with Crippen molar-refractivity contribution < 1.29 is 5.11 Å². The number of hydrogen-bond donors (Lipinski definition) is 1. The molecule has 0 amide bonds. The summed E-state index contributed by atoms with van der Waals surface area (Å²) in [5, 5.41) is 9.96. The van der Waals surface area contributed by atoms with Gasteiger partial charge in [0, 0.05) is 0 Å². The van der Waals surface area contributed by atoms with Gasteiger partial charge in [-0.2, -0.15) is 0 Å². The number of aliphatic hydroxyl groups excluding tert-OH is 1. The second-order valence-corrected chi connectivity index (χ2v) is 4.83. The van der Waals surface area contributed by atoms with Crippen molar-refractivity contribution in [2.24, 2.45) is 0 Å². The minimum Gasteiger partial charge on any atom is -0.388 e. The van der Waals surface area contributed by atoms with Crippen molar-refractivity contribution in [1.29, 1.82) is 0 Å². The van der Waals surface area contributed by atoms with Gasteiger partial charge >= 0.3 is 0 Å². The van der Waals surface area contributed by atoms with Gasteiger partial charge in [0.15, 0.2) is 0 Å². The molecule has 0 aliphatic rings. The van der Waals surface area contributed by atoms with Gasteiger partial charge in [0.1, 0.15) is 0 Å². The zero-order chi connectivity index (χ0) is 12.1. The zero-order valence-electron chi connectivity index (χ0n) is 10.5. The summed E-state index contributed by atoms with van der Waals surface area (Å²) in [7, 11) is 0. The lowest BCUT2D eigenvalue weighted by Gasteiger charge is -2.12. The Morgan fingerprint density at radius 1 is 1.19 bits per heavy atom. The fourth-order valence-electron chi connectivity index (χ4n) is 1.65. The molecule has 0 saturated heterocycles. The van der Waals surface area contributed by atoms with Crippen LogP contribution in [0.1, 0.15) is 56.8 Å². The number of aliphatic hydroxyl groups is 1. The molecule has 0 aromatic heterocycles. The van der Waals surface area contributed by atoms with Gasteiger partial charge in [-0.1, -0.05) is 43.7 Å². The molecule has 1 heteroatoms. The summed E-state index contributed by atoms with van der Waals surface area (Å²) < 4.78 is 0. The third-order valence-corrected chi connectivity index (χ3v) is 2.83. The normalized spacial score (nSPS) is 12.8. The molecule has 1 aromatic rings. The molecule has 1 N–H and O–H groups in total. The van der Waals surface area contributed by atoms with E-state index in [0.717, 1.165) is 24.0 Å². The van der Waals surface area contributed by atoms with Crippen molar-refractivity contribution in [3.63, 3.8) is 0 Å². The van der Waals surface area contributed by atoms with Crippen LogP contribution in [0.3, 0.4) is 0 Å². The van der Waals surface area contributed by atoms with E-state index in [2.05, 4.69) is 32.6 Å². The van der Waals surface area contributed by atoms with E-state index >= 15 is 0 Å². The summed E-state index contributed by atoms with van der Waals surface area (Å²) in [6.07, 6.45) is 1.28. The van der Waals surface area contributed by atoms with E-state index < -0.39 is 0 Å². The largest absolute Gasteiger partial charge is 0.388 e. The third-order valence-electron chi connectivity index (χ3n) is 2.83. The number of hydrogen-bond acceptors (Lipinski definition) is 1. The van der Waals surface area contributed by atoms with Crippen molar-refractivity contribution >= 4 is 0 Å². The molecule has 0 spiro atoms. The van der Waals surface area contributed by atoms with Gasteiger partial charge in [-0.3, -0.25) is 0 Å². The van der Waals surface area contributed by atoms with E-state index in [1.54, 1.807) is 0 Å². The molecule has 0 radical (unpaired) electrons. The van der Waals surface area contributed by atoms with Gasteiger partial charge in [0.25, 0.3) is 0 Å². The predicted molar refractivity (Wildman–Crippen MR) is 69.5 cm³/mol. The van der Waals surface area contributed by atoms with E-state index in [4.69, 9.17) is 0 Å². The standard InChI is InChI=1S/C15H22O/c1-11(2)5-10-15(16)14-8-6-13(7-9-14)12(3)4/h6-9,12,15-16H,1,5,10H2,2-4H3. The van der Waals surface area contributed by atoms with Crippen LogP contribution in [0.15, 0.2) is 36.4 Å². The van der Waals surface area contributed by atoms with E-state index in [-0.39, 0.29) is 6.10 Å². The molecule has 1 rings (SSSR count). The molecule has 1 atom stereocenters. The van der Waals surface area contributed by atoms with Crippen LogP contribution >= 0.6 is 0 Å². The highest BCUT2D eigenvalue weighted by Crippen LogP contribution is 2.22. The van der Waals surface area contributed by atoms with Crippen LogP contribution in [-0.4, -0.2) is 5.11 Å². The fourth-order valence-corrected chi connectivity index (χ4v) is 1.65. The van der Waals surface area contributed by atoms with Crippen molar-refractivity contribution in [3.05, 3.63) is 47.5 Å². The van der Waals surface area contributed by atoms with Gasteiger partial charge in [0.2, 0.25) is 0 Å². The zero-order valence-corrected chi connectivity index (χ0v) is 10.5. The van der Waals surface area contributed by atoms with Crippen LogP contribution in [0.4, 0.5) is 0 Å². The topological polar surface area (TPSA) is 20.2 Å². The molecule has 1 nitrogen and oxygen atoms in total. The van der Waals surface area contributed by atoms with Crippen molar-refractivity contribution in [2.75, 3.05) is 0 Å². The SMILES string of the molecule is C=C(C)CCC(O)c1ccc(C(C)C)cc1. The average molecular weight is 218 g/mol. The maximum absolute atomic E-state index is 9.96. The lowest BCUT2D eigenvalue weighted by molar-refractivity contribution is 0.168. The lowest BCUT2D eigenvalue weighted by Crippen LogP contribution is -1.98. The van der Waals surface area contributed by atoms with Crippen molar-refractivity contribution in [2.45, 2.75) is 45.6 Å². The Morgan fingerprint density at radius 2 is 1.69 bits per heavy atom. The molecule has 0 bridgehead atoms. The van der Waals surface area contributed by atoms with Crippen molar-refractivity contribution in [3.8, 4) is 0 Å². The van der Waals surface area contributed by atoms with E-state index in [0.29, 0.717) is 5.92 Å². The minimum absolute atomic E-state index is 0.363. The Morgan fingerprint density at radius 3 is 2.12 bits per heavy atom. The number of rotatable bonds is 5. The quantitative estimate of drug-likeness (QED) is 0.734. The first kappa shape index (κ1) is 13.0.